The van der Waals surface area contributed by atoms with Crippen LogP contribution in [0.2, 0.25) is 0 Å². The number of carbonyl (C=O) groups is 1. The first-order valence-electron chi connectivity index (χ1n) is 5.18. The maximum absolute atomic E-state index is 10.3. The molecule has 0 atom stereocenters. The highest BCUT2D eigenvalue weighted by molar-refractivity contribution is 5.82. The Hall–Kier alpha value is -2.36. The molecule has 0 bridgehead atoms. The van der Waals surface area contributed by atoms with Gasteiger partial charge in [-0.05, 0) is 30.2 Å². The maximum atomic E-state index is 10.3. The van der Waals surface area contributed by atoms with Gasteiger partial charge in [0.05, 0.1) is 17.4 Å². The second-order valence-corrected chi connectivity index (χ2v) is 3.68. The van der Waals surface area contributed by atoms with E-state index < -0.39 is 5.97 Å². The van der Waals surface area contributed by atoms with Gasteiger partial charge in [0.1, 0.15) is 0 Å². The monoisotopic (exact) mass is 228 g/mol. The van der Waals surface area contributed by atoms with Gasteiger partial charge in [-0.2, -0.15) is 0 Å². The van der Waals surface area contributed by atoms with Gasteiger partial charge in [-0.25, -0.2) is 9.78 Å². The number of nitrogens with zero attached hydrogens (tertiary/aromatic N) is 1. The van der Waals surface area contributed by atoms with Crippen molar-refractivity contribution in [3.63, 3.8) is 0 Å². The van der Waals surface area contributed by atoms with Gasteiger partial charge in [-0.15, -0.1) is 0 Å². The molecule has 0 saturated carbocycles. The number of carboxylic acids is 1. The largest absolute Gasteiger partial charge is 0.478 e. The fourth-order valence-electron chi connectivity index (χ4n) is 1.55. The van der Waals surface area contributed by atoms with E-state index in [4.69, 9.17) is 5.11 Å². The lowest BCUT2D eigenvalue weighted by Gasteiger charge is -2.00. The average molecular weight is 228 g/mol. The predicted octanol–water partition coefficient (Wildman–Crippen LogP) is 2.61. The quantitative estimate of drug-likeness (QED) is 0.626. The summed E-state index contributed by atoms with van der Waals surface area (Å²) >= 11 is 0. The lowest BCUT2D eigenvalue weighted by molar-refractivity contribution is -0.131. The zero-order valence-corrected chi connectivity index (χ0v) is 9.34. The molecule has 17 heavy (non-hydrogen) atoms. The van der Waals surface area contributed by atoms with Crippen molar-refractivity contribution in [3.05, 3.63) is 48.3 Å². The average Bonchev–Trinajstić information content (AvgIpc) is 2.75. The van der Waals surface area contributed by atoms with Gasteiger partial charge < -0.3 is 10.1 Å². The highest BCUT2D eigenvalue weighted by Gasteiger charge is 1.99. The van der Waals surface area contributed by atoms with Gasteiger partial charge in [0.25, 0.3) is 0 Å². The summed E-state index contributed by atoms with van der Waals surface area (Å²) in [5.41, 5.74) is 3.93. The van der Waals surface area contributed by atoms with E-state index >= 15 is 0 Å². The molecule has 0 aliphatic carbocycles. The molecule has 1 aromatic heterocycles. The summed E-state index contributed by atoms with van der Waals surface area (Å²) < 4.78 is 0. The Morgan fingerprint density at radius 3 is 3.06 bits per heavy atom. The van der Waals surface area contributed by atoms with E-state index in [1.54, 1.807) is 12.4 Å². The van der Waals surface area contributed by atoms with Crippen molar-refractivity contribution in [2.24, 2.45) is 0 Å². The topological polar surface area (TPSA) is 66.0 Å². The van der Waals surface area contributed by atoms with Gasteiger partial charge in [0.2, 0.25) is 0 Å². The number of allylic oxidation sites excluding steroid dienone is 3. The van der Waals surface area contributed by atoms with Crippen LogP contribution in [0.1, 0.15) is 12.5 Å². The molecule has 0 aliphatic heterocycles. The Kier molecular flexibility index (Phi) is 3.05. The number of imidazole rings is 1. The van der Waals surface area contributed by atoms with Crippen LogP contribution in [0, 0.1) is 0 Å². The third-order valence-electron chi connectivity index (χ3n) is 2.46. The third-order valence-corrected chi connectivity index (χ3v) is 2.46. The molecule has 0 amide bonds. The number of hydrogen-bond donors (Lipinski definition) is 2. The van der Waals surface area contributed by atoms with E-state index in [0.717, 1.165) is 28.2 Å². The summed E-state index contributed by atoms with van der Waals surface area (Å²) in [6.45, 7) is 1.93. The normalized spacial score (nSPS) is 12.4. The minimum absolute atomic E-state index is 0.919. The highest BCUT2D eigenvalue weighted by Crippen LogP contribution is 2.18. The molecule has 4 nitrogen and oxygen atoms in total. The number of aromatic nitrogens is 2. The summed E-state index contributed by atoms with van der Waals surface area (Å²) in [5.74, 6) is -0.946. The van der Waals surface area contributed by atoms with Crippen molar-refractivity contribution in [3.8, 4) is 0 Å². The van der Waals surface area contributed by atoms with E-state index in [2.05, 4.69) is 9.97 Å². The molecule has 4 heteroatoms. The van der Waals surface area contributed by atoms with Crippen molar-refractivity contribution in [2.75, 3.05) is 0 Å². The number of carboxylic acid groups (broad SMARTS) is 1. The number of H-pyrrole nitrogens is 1. The molecular weight excluding hydrogens is 216 g/mol. The van der Waals surface area contributed by atoms with E-state index in [-0.39, 0.29) is 0 Å². The van der Waals surface area contributed by atoms with Crippen LogP contribution in [-0.4, -0.2) is 21.0 Å². The molecule has 1 aromatic carbocycles. The highest BCUT2D eigenvalue weighted by atomic mass is 16.4. The summed E-state index contributed by atoms with van der Waals surface area (Å²) in [7, 11) is 0. The molecule has 2 aromatic rings. The van der Waals surface area contributed by atoms with E-state index in [1.165, 1.54) is 6.08 Å². The lowest BCUT2D eigenvalue weighted by atomic mass is 10.1. The first-order valence-corrected chi connectivity index (χ1v) is 5.18. The molecular formula is C13H12N2O2. The van der Waals surface area contributed by atoms with Gasteiger partial charge in [0.15, 0.2) is 0 Å². The summed E-state index contributed by atoms with van der Waals surface area (Å²) in [5, 5.41) is 8.48. The van der Waals surface area contributed by atoms with Crippen molar-refractivity contribution >= 4 is 22.6 Å². The Morgan fingerprint density at radius 1 is 1.47 bits per heavy atom. The Bertz CT molecular complexity index is 609. The second-order valence-electron chi connectivity index (χ2n) is 3.68. The van der Waals surface area contributed by atoms with Crippen molar-refractivity contribution in [2.45, 2.75) is 6.92 Å². The zero-order valence-electron chi connectivity index (χ0n) is 9.34. The number of hydrogen-bond acceptors (Lipinski definition) is 2. The van der Waals surface area contributed by atoms with Crippen LogP contribution in [0.4, 0.5) is 0 Å². The Morgan fingerprint density at radius 2 is 2.29 bits per heavy atom. The van der Waals surface area contributed by atoms with Crippen LogP contribution in [0.15, 0.2) is 42.8 Å². The Balaban J connectivity index is 2.29. The minimum atomic E-state index is -0.946. The smallest absolute Gasteiger partial charge is 0.328 e. The predicted molar refractivity (Wildman–Crippen MR) is 66.5 cm³/mol. The summed E-state index contributed by atoms with van der Waals surface area (Å²) in [6, 6.07) is 5.88. The molecule has 0 fully saturated rings. The molecule has 0 aliphatic rings. The fourth-order valence-corrected chi connectivity index (χ4v) is 1.55. The summed E-state index contributed by atoms with van der Waals surface area (Å²) in [4.78, 5) is 17.5. The van der Waals surface area contributed by atoms with Crippen LogP contribution in [-0.2, 0) is 4.79 Å². The van der Waals surface area contributed by atoms with Gasteiger partial charge >= 0.3 is 5.97 Å². The van der Waals surface area contributed by atoms with Gasteiger partial charge in [0, 0.05) is 6.08 Å². The standard InChI is InChI=1S/C13H12N2O2/c1-9(3-2-4-13(16)17)10-5-6-11-12(7-10)15-8-14-11/h2-8H,1H3,(H,14,15)(H,16,17)/b4-2+,9-3+. The zero-order chi connectivity index (χ0) is 12.3. The number of aromatic amines is 1. The molecule has 0 saturated heterocycles. The Labute approximate surface area is 98.3 Å². The van der Waals surface area contributed by atoms with Crippen LogP contribution >= 0.6 is 0 Å². The number of nitrogens with one attached hydrogen (secondary N) is 1. The molecule has 1 heterocycles. The second kappa shape index (κ2) is 4.65. The van der Waals surface area contributed by atoms with Gasteiger partial charge in [-0.3, -0.25) is 0 Å². The SMILES string of the molecule is C/C(=C\C=C\C(=O)O)c1ccc2nc[nH]c2c1. The van der Waals surface area contributed by atoms with Crippen LogP contribution < -0.4 is 0 Å². The first kappa shape index (κ1) is 11.1. The van der Waals surface area contributed by atoms with Crippen molar-refractivity contribution in [1.29, 1.82) is 0 Å². The molecule has 2 rings (SSSR count). The van der Waals surface area contributed by atoms with E-state index in [0.29, 0.717) is 0 Å². The number of rotatable bonds is 3. The van der Waals surface area contributed by atoms with Crippen LogP contribution in [0.5, 0.6) is 0 Å². The maximum Gasteiger partial charge on any atom is 0.328 e. The first-order chi connectivity index (χ1) is 8.16. The van der Waals surface area contributed by atoms with Crippen LogP contribution in [0.3, 0.4) is 0 Å². The number of benzene rings is 1. The summed E-state index contributed by atoms with van der Waals surface area (Å²) in [6.07, 6.45) is 6.05. The van der Waals surface area contributed by atoms with Gasteiger partial charge in [-0.1, -0.05) is 18.2 Å². The van der Waals surface area contributed by atoms with Crippen molar-refractivity contribution in [1.82, 2.24) is 9.97 Å². The lowest BCUT2D eigenvalue weighted by Crippen LogP contribution is -1.85. The van der Waals surface area contributed by atoms with E-state index in [9.17, 15) is 4.79 Å². The number of aliphatic carboxylic acids is 1. The number of fused-ring (bicyclic) bond motifs is 1. The molecule has 86 valence electrons. The molecule has 0 spiro atoms. The third kappa shape index (κ3) is 2.60. The van der Waals surface area contributed by atoms with Crippen molar-refractivity contribution < 1.29 is 9.90 Å². The van der Waals surface area contributed by atoms with E-state index in [1.807, 2.05) is 25.1 Å². The molecule has 0 radical (unpaired) electrons. The molecule has 0 unspecified atom stereocenters. The van der Waals surface area contributed by atoms with Crippen LogP contribution in [0.25, 0.3) is 16.6 Å². The minimum Gasteiger partial charge on any atom is -0.478 e. The fraction of sp³-hybridized carbons (Fsp3) is 0.0769. The molecule has 2 N–H and O–H groups in total.